The summed E-state index contributed by atoms with van der Waals surface area (Å²) in [4.78, 5) is 24.6. The molecule has 0 aliphatic carbocycles. The lowest BCUT2D eigenvalue weighted by atomic mass is 10.0. The van der Waals surface area contributed by atoms with Gasteiger partial charge in [-0.05, 0) is 29.3 Å². The van der Waals surface area contributed by atoms with Crippen LogP contribution in [0.25, 0.3) is 21.3 Å². The van der Waals surface area contributed by atoms with E-state index in [1.54, 1.807) is 24.3 Å². The van der Waals surface area contributed by atoms with Gasteiger partial charge in [-0.15, -0.1) is 11.3 Å². The lowest BCUT2D eigenvalue weighted by molar-refractivity contribution is -0.384. The number of halogens is 2. The van der Waals surface area contributed by atoms with E-state index in [0.29, 0.717) is 37.7 Å². The summed E-state index contributed by atoms with van der Waals surface area (Å²) in [7, 11) is 0. The van der Waals surface area contributed by atoms with Crippen molar-refractivity contribution in [2.24, 2.45) is 0 Å². The van der Waals surface area contributed by atoms with Crippen LogP contribution in [0.3, 0.4) is 0 Å². The molecule has 0 bridgehead atoms. The van der Waals surface area contributed by atoms with Gasteiger partial charge in [0.1, 0.15) is 16.5 Å². The molecule has 1 saturated heterocycles. The Morgan fingerprint density at radius 1 is 1.03 bits per heavy atom. The molecule has 162 valence electrons. The zero-order valence-corrected chi connectivity index (χ0v) is 18.3. The highest BCUT2D eigenvalue weighted by molar-refractivity contribution is 7.17. The van der Waals surface area contributed by atoms with E-state index in [2.05, 4.69) is 14.9 Å². The molecule has 2 aromatic carbocycles. The van der Waals surface area contributed by atoms with Crippen molar-refractivity contribution >= 4 is 50.3 Å². The van der Waals surface area contributed by atoms with Crippen molar-refractivity contribution in [2.45, 2.75) is 0 Å². The van der Waals surface area contributed by atoms with Crippen molar-refractivity contribution < 1.29 is 9.31 Å². The molecule has 0 spiro atoms. The van der Waals surface area contributed by atoms with Gasteiger partial charge in [0.2, 0.25) is 5.28 Å². The Kier molecular flexibility index (Phi) is 5.36. The molecular weight excluding hydrogens is 453 g/mol. The fourth-order valence-electron chi connectivity index (χ4n) is 3.99. The Hall–Kier alpha value is -3.30. The number of nitrogens with zero attached hydrogens (tertiary/aromatic N) is 5. The molecule has 0 N–H and O–H groups in total. The second-order valence-electron chi connectivity index (χ2n) is 7.38. The van der Waals surface area contributed by atoms with E-state index in [9.17, 15) is 14.5 Å². The van der Waals surface area contributed by atoms with Crippen LogP contribution in [0.4, 0.5) is 21.6 Å². The number of non-ortho nitro benzene ring substituents is 1. The molecule has 10 heteroatoms. The first kappa shape index (κ1) is 20.6. The van der Waals surface area contributed by atoms with Crippen LogP contribution in [0.2, 0.25) is 5.28 Å². The molecule has 7 nitrogen and oxygen atoms in total. The third kappa shape index (κ3) is 3.74. The lowest BCUT2D eigenvalue weighted by Crippen LogP contribution is -2.47. The van der Waals surface area contributed by atoms with E-state index in [0.717, 1.165) is 21.3 Å². The highest BCUT2D eigenvalue weighted by Crippen LogP contribution is 2.40. The van der Waals surface area contributed by atoms with Gasteiger partial charge in [-0.3, -0.25) is 10.1 Å². The minimum atomic E-state index is -0.408. The summed E-state index contributed by atoms with van der Waals surface area (Å²) in [6.45, 7) is 2.50. The maximum Gasteiger partial charge on any atom is 0.270 e. The number of rotatable bonds is 4. The van der Waals surface area contributed by atoms with E-state index in [4.69, 9.17) is 11.6 Å². The number of piperazine rings is 1. The number of nitro groups is 1. The number of fused-ring (bicyclic) bond motifs is 1. The molecule has 0 amide bonds. The molecule has 3 heterocycles. The van der Waals surface area contributed by atoms with Gasteiger partial charge in [-0.25, -0.2) is 9.37 Å². The van der Waals surface area contributed by atoms with E-state index >= 15 is 0 Å². The first-order valence-corrected chi connectivity index (χ1v) is 11.2. The molecule has 1 aliphatic heterocycles. The van der Waals surface area contributed by atoms with Gasteiger partial charge in [0.25, 0.3) is 5.69 Å². The monoisotopic (exact) mass is 469 g/mol. The Morgan fingerprint density at radius 3 is 2.53 bits per heavy atom. The van der Waals surface area contributed by atoms with Gasteiger partial charge in [0, 0.05) is 49.3 Å². The molecule has 1 fully saturated rings. The fourth-order valence-corrected chi connectivity index (χ4v) is 5.15. The summed E-state index contributed by atoms with van der Waals surface area (Å²) in [5, 5.41) is 14.1. The van der Waals surface area contributed by atoms with E-state index in [-0.39, 0.29) is 16.8 Å². The molecule has 0 radical (unpaired) electrons. The van der Waals surface area contributed by atoms with Crippen molar-refractivity contribution in [3.63, 3.8) is 0 Å². The maximum absolute atomic E-state index is 14.2. The first-order valence-electron chi connectivity index (χ1n) is 9.95. The molecule has 0 saturated carbocycles. The average Bonchev–Trinajstić information content (AvgIpc) is 3.23. The predicted octanol–water partition coefficient (Wildman–Crippen LogP) is 5.39. The summed E-state index contributed by atoms with van der Waals surface area (Å²) >= 11 is 7.64. The standard InChI is InChI=1S/C22H17ClFN5O2S/c23-22-25-20(28-10-8-27(9-11-28)18-7-2-1-6-17(18)24)19-16(13-32-21(19)26-22)14-4-3-5-15(12-14)29(30)31/h1-7,12-13H,8-11H2. The van der Waals surface area contributed by atoms with Crippen LogP contribution in [-0.2, 0) is 0 Å². The summed E-state index contributed by atoms with van der Waals surface area (Å²) in [6, 6.07) is 13.3. The summed E-state index contributed by atoms with van der Waals surface area (Å²) in [5.74, 6) is 0.454. The van der Waals surface area contributed by atoms with Crippen molar-refractivity contribution in [3.8, 4) is 11.1 Å². The molecular formula is C22H17ClFN5O2S. The van der Waals surface area contributed by atoms with Gasteiger partial charge in [-0.1, -0.05) is 24.3 Å². The number of anilines is 2. The van der Waals surface area contributed by atoms with Crippen LogP contribution < -0.4 is 9.80 Å². The zero-order valence-electron chi connectivity index (χ0n) is 16.7. The van der Waals surface area contributed by atoms with Crippen LogP contribution in [0.5, 0.6) is 0 Å². The highest BCUT2D eigenvalue weighted by atomic mass is 35.5. The summed E-state index contributed by atoms with van der Waals surface area (Å²) < 4.78 is 14.2. The number of aromatic nitrogens is 2. The van der Waals surface area contributed by atoms with Gasteiger partial charge >= 0.3 is 0 Å². The van der Waals surface area contributed by atoms with Crippen molar-refractivity contribution in [3.05, 3.63) is 75.1 Å². The van der Waals surface area contributed by atoms with Crippen molar-refractivity contribution in [1.29, 1.82) is 0 Å². The van der Waals surface area contributed by atoms with Crippen LogP contribution in [0.15, 0.2) is 53.9 Å². The second-order valence-corrected chi connectivity index (χ2v) is 8.57. The molecule has 0 unspecified atom stereocenters. The molecule has 32 heavy (non-hydrogen) atoms. The topological polar surface area (TPSA) is 75.4 Å². The largest absolute Gasteiger partial charge is 0.366 e. The van der Waals surface area contributed by atoms with Crippen molar-refractivity contribution in [1.82, 2.24) is 9.97 Å². The first-order chi connectivity index (χ1) is 15.5. The number of hydrogen-bond donors (Lipinski definition) is 0. The second kappa shape index (κ2) is 8.33. The Bertz CT molecular complexity index is 1320. The SMILES string of the molecule is O=[N+]([O-])c1cccc(-c2csc3nc(Cl)nc(N4CCN(c5ccccc5F)CC4)c23)c1. The summed E-state index contributed by atoms with van der Waals surface area (Å²) in [6.07, 6.45) is 0. The number of thiophene rings is 1. The lowest BCUT2D eigenvalue weighted by Gasteiger charge is -2.37. The van der Waals surface area contributed by atoms with Crippen LogP contribution in [0.1, 0.15) is 0 Å². The Labute approximate surface area is 191 Å². The van der Waals surface area contributed by atoms with E-state index in [1.807, 2.05) is 22.4 Å². The Balaban J connectivity index is 1.51. The number of hydrogen-bond acceptors (Lipinski definition) is 7. The van der Waals surface area contributed by atoms with Crippen LogP contribution in [-0.4, -0.2) is 41.1 Å². The zero-order chi connectivity index (χ0) is 22.2. The van der Waals surface area contributed by atoms with Crippen molar-refractivity contribution in [2.75, 3.05) is 36.0 Å². The van der Waals surface area contributed by atoms with Gasteiger partial charge < -0.3 is 9.80 Å². The van der Waals surface area contributed by atoms with E-state index < -0.39 is 4.92 Å². The molecule has 4 aromatic rings. The summed E-state index contributed by atoms with van der Waals surface area (Å²) in [5.41, 5.74) is 2.17. The fraction of sp³-hybridized carbons (Fsp3) is 0.182. The Morgan fingerprint density at radius 2 is 1.78 bits per heavy atom. The normalized spacial score (nSPS) is 14.2. The minimum absolute atomic E-state index is 0.0248. The third-order valence-corrected chi connectivity index (χ3v) is 6.57. The molecule has 5 rings (SSSR count). The molecule has 1 aliphatic rings. The van der Waals surface area contributed by atoms with Crippen LogP contribution in [0, 0.1) is 15.9 Å². The number of nitro benzene ring substituents is 1. The van der Waals surface area contributed by atoms with Crippen LogP contribution >= 0.6 is 22.9 Å². The smallest absolute Gasteiger partial charge is 0.270 e. The molecule has 0 atom stereocenters. The minimum Gasteiger partial charge on any atom is -0.366 e. The number of para-hydroxylation sites is 1. The quantitative estimate of drug-likeness (QED) is 0.227. The average molecular weight is 470 g/mol. The maximum atomic E-state index is 14.2. The molecule has 2 aromatic heterocycles. The van der Waals surface area contributed by atoms with Gasteiger partial charge in [0.05, 0.1) is 16.0 Å². The van der Waals surface area contributed by atoms with Gasteiger partial charge in [0.15, 0.2) is 0 Å². The predicted molar refractivity (Wildman–Crippen MR) is 125 cm³/mol. The third-order valence-electron chi connectivity index (χ3n) is 5.53. The number of benzene rings is 2. The van der Waals surface area contributed by atoms with Gasteiger partial charge in [-0.2, -0.15) is 4.98 Å². The highest BCUT2D eigenvalue weighted by Gasteiger charge is 2.25. The van der Waals surface area contributed by atoms with E-state index in [1.165, 1.54) is 23.5 Å².